The highest BCUT2D eigenvalue weighted by Gasteiger charge is 2.08. The smallest absolute Gasteiger partial charge is 0.270 e. The molecule has 0 saturated carbocycles. The number of phenolic OH excluding ortho intramolecular Hbond substituents is 1. The van der Waals surface area contributed by atoms with Crippen LogP contribution in [0.25, 0.3) is 0 Å². The fourth-order valence-electron chi connectivity index (χ4n) is 1.70. The summed E-state index contributed by atoms with van der Waals surface area (Å²) < 4.78 is 0. The van der Waals surface area contributed by atoms with Crippen LogP contribution in [0.5, 0.6) is 5.75 Å². The number of phenols is 1. The summed E-state index contributed by atoms with van der Waals surface area (Å²) >= 11 is 0. The average Bonchev–Trinajstić information content (AvgIpc) is 2.43. The van der Waals surface area contributed by atoms with E-state index in [1.165, 1.54) is 30.0 Å². The van der Waals surface area contributed by atoms with Gasteiger partial charge in [-0.3, -0.25) is 15.1 Å². The summed E-state index contributed by atoms with van der Waals surface area (Å²) in [5.74, 6) is -0.0248. The van der Waals surface area contributed by atoms with Gasteiger partial charge in [0.05, 0.1) is 11.5 Å². The Balaban J connectivity index is 2.12. The van der Waals surface area contributed by atoms with E-state index < -0.39 is 4.92 Å². The molecular formula is C15H14N2O3. The minimum atomic E-state index is -0.503. The van der Waals surface area contributed by atoms with Gasteiger partial charge in [-0.25, -0.2) is 0 Å². The molecular weight excluding hydrogens is 256 g/mol. The second-order valence-corrected chi connectivity index (χ2v) is 4.46. The highest BCUT2D eigenvalue weighted by Crippen LogP contribution is 2.21. The molecule has 0 saturated heterocycles. The number of rotatable bonds is 4. The fourth-order valence-corrected chi connectivity index (χ4v) is 1.70. The van der Waals surface area contributed by atoms with E-state index in [-0.39, 0.29) is 11.4 Å². The van der Waals surface area contributed by atoms with Crippen LogP contribution in [0.4, 0.5) is 5.69 Å². The summed E-state index contributed by atoms with van der Waals surface area (Å²) in [6, 6.07) is 11.8. The van der Waals surface area contributed by atoms with Crippen LogP contribution in [0.2, 0.25) is 0 Å². The number of nitrogens with zero attached hydrogens (tertiary/aromatic N) is 2. The lowest BCUT2D eigenvalue weighted by molar-refractivity contribution is -0.384. The number of aliphatic imine (C=N–C) groups is 1. The molecule has 2 aromatic rings. The van der Waals surface area contributed by atoms with Gasteiger partial charge < -0.3 is 5.11 Å². The molecule has 0 heterocycles. The van der Waals surface area contributed by atoms with Crippen LogP contribution in [-0.2, 0) is 6.54 Å². The molecule has 0 fully saturated rings. The summed E-state index contributed by atoms with van der Waals surface area (Å²) in [5.41, 5.74) is 2.48. The SMILES string of the molecule is Cc1ccc(CN=Cc2cc([N+](=O)[O-])ccc2O)cc1. The molecule has 0 unspecified atom stereocenters. The molecule has 2 aromatic carbocycles. The summed E-state index contributed by atoms with van der Waals surface area (Å²) in [7, 11) is 0. The van der Waals surface area contributed by atoms with E-state index in [9.17, 15) is 15.2 Å². The van der Waals surface area contributed by atoms with E-state index in [0.29, 0.717) is 12.1 Å². The summed E-state index contributed by atoms with van der Waals surface area (Å²) in [5, 5.41) is 20.3. The maximum atomic E-state index is 10.7. The normalized spacial score (nSPS) is 10.8. The Labute approximate surface area is 116 Å². The van der Waals surface area contributed by atoms with E-state index >= 15 is 0 Å². The van der Waals surface area contributed by atoms with Gasteiger partial charge in [0.15, 0.2) is 0 Å². The van der Waals surface area contributed by atoms with Crippen molar-refractivity contribution in [3.05, 3.63) is 69.3 Å². The Morgan fingerprint density at radius 1 is 1.25 bits per heavy atom. The van der Waals surface area contributed by atoms with Crippen molar-refractivity contribution in [1.29, 1.82) is 0 Å². The number of benzene rings is 2. The molecule has 0 aromatic heterocycles. The van der Waals surface area contributed by atoms with Gasteiger partial charge in [0.1, 0.15) is 5.75 Å². The first-order valence-corrected chi connectivity index (χ1v) is 6.09. The molecule has 0 aliphatic carbocycles. The second kappa shape index (κ2) is 5.97. The number of nitro groups is 1. The van der Waals surface area contributed by atoms with Crippen molar-refractivity contribution in [3.63, 3.8) is 0 Å². The molecule has 0 radical (unpaired) electrons. The zero-order valence-corrected chi connectivity index (χ0v) is 11.0. The van der Waals surface area contributed by atoms with Gasteiger partial charge in [-0.1, -0.05) is 29.8 Å². The maximum absolute atomic E-state index is 10.7. The summed E-state index contributed by atoms with van der Waals surface area (Å²) in [6.45, 7) is 2.47. The van der Waals surface area contributed by atoms with Crippen LogP contribution in [-0.4, -0.2) is 16.2 Å². The Kier molecular flexibility index (Phi) is 4.10. The molecule has 1 N–H and O–H groups in total. The van der Waals surface area contributed by atoms with Crippen LogP contribution in [0.1, 0.15) is 16.7 Å². The summed E-state index contributed by atoms with van der Waals surface area (Å²) in [6.07, 6.45) is 1.45. The minimum Gasteiger partial charge on any atom is -0.507 e. The van der Waals surface area contributed by atoms with Crippen LogP contribution in [0, 0.1) is 17.0 Å². The molecule has 102 valence electrons. The first-order chi connectivity index (χ1) is 9.56. The topological polar surface area (TPSA) is 75.7 Å². The van der Waals surface area contributed by atoms with Gasteiger partial charge in [0, 0.05) is 23.9 Å². The van der Waals surface area contributed by atoms with Crippen molar-refractivity contribution >= 4 is 11.9 Å². The standard InChI is InChI=1S/C15H14N2O3/c1-11-2-4-12(5-3-11)9-16-10-13-8-14(17(19)20)6-7-15(13)18/h2-8,10,18H,9H2,1H3. The van der Waals surface area contributed by atoms with E-state index in [1.54, 1.807) is 0 Å². The fraction of sp³-hybridized carbons (Fsp3) is 0.133. The van der Waals surface area contributed by atoms with Gasteiger partial charge in [-0.05, 0) is 18.6 Å². The third-order valence-electron chi connectivity index (χ3n) is 2.85. The van der Waals surface area contributed by atoms with Crippen molar-refractivity contribution in [1.82, 2.24) is 0 Å². The Morgan fingerprint density at radius 2 is 1.95 bits per heavy atom. The molecule has 0 amide bonds. The Morgan fingerprint density at radius 3 is 2.60 bits per heavy atom. The second-order valence-electron chi connectivity index (χ2n) is 4.46. The number of non-ortho nitro benzene ring substituents is 1. The third kappa shape index (κ3) is 3.41. The van der Waals surface area contributed by atoms with Gasteiger partial charge in [-0.2, -0.15) is 0 Å². The first-order valence-electron chi connectivity index (χ1n) is 6.09. The lowest BCUT2D eigenvalue weighted by Crippen LogP contribution is -1.91. The Hall–Kier alpha value is -2.69. The van der Waals surface area contributed by atoms with Crippen molar-refractivity contribution in [2.24, 2.45) is 4.99 Å². The molecule has 0 spiro atoms. The number of hydrogen-bond donors (Lipinski definition) is 1. The van der Waals surface area contributed by atoms with Crippen molar-refractivity contribution < 1.29 is 10.0 Å². The molecule has 20 heavy (non-hydrogen) atoms. The van der Waals surface area contributed by atoms with E-state index in [0.717, 1.165) is 5.56 Å². The molecule has 0 bridgehead atoms. The molecule has 5 heteroatoms. The Bertz CT molecular complexity index is 649. The molecule has 0 aliphatic heterocycles. The lowest BCUT2D eigenvalue weighted by atomic mass is 10.1. The highest BCUT2D eigenvalue weighted by atomic mass is 16.6. The third-order valence-corrected chi connectivity index (χ3v) is 2.85. The van der Waals surface area contributed by atoms with Gasteiger partial charge in [-0.15, -0.1) is 0 Å². The van der Waals surface area contributed by atoms with Gasteiger partial charge in [0.2, 0.25) is 0 Å². The van der Waals surface area contributed by atoms with E-state index in [4.69, 9.17) is 0 Å². The van der Waals surface area contributed by atoms with Crippen molar-refractivity contribution in [2.45, 2.75) is 13.5 Å². The summed E-state index contributed by atoms with van der Waals surface area (Å²) in [4.78, 5) is 14.4. The van der Waals surface area contributed by atoms with E-state index in [2.05, 4.69) is 4.99 Å². The van der Waals surface area contributed by atoms with Gasteiger partial charge in [0.25, 0.3) is 5.69 Å². The largest absolute Gasteiger partial charge is 0.507 e. The highest BCUT2D eigenvalue weighted by molar-refractivity contribution is 5.84. The molecule has 0 aliphatic rings. The average molecular weight is 270 g/mol. The molecule has 2 rings (SSSR count). The zero-order valence-electron chi connectivity index (χ0n) is 11.0. The monoisotopic (exact) mass is 270 g/mol. The maximum Gasteiger partial charge on any atom is 0.270 e. The predicted octanol–water partition coefficient (Wildman–Crippen LogP) is 3.23. The minimum absolute atomic E-state index is 0.0248. The van der Waals surface area contributed by atoms with Crippen LogP contribution in [0.15, 0.2) is 47.5 Å². The predicted molar refractivity (Wildman–Crippen MR) is 77.2 cm³/mol. The first kappa shape index (κ1) is 13.7. The number of aromatic hydroxyl groups is 1. The quantitative estimate of drug-likeness (QED) is 0.526. The van der Waals surface area contributed by atoms with Gasteiger partial charge >= 0.3 is 0 Å². The van der Waals surface area contributed by atoms with Crippen LogP contribution < -0.4 is 0 Å². The number of hydrogen-bond acceptors (Lipinski definition) is 4. The van der Waals surface area contributed by atoms with E-state index in [1.807, 2.05) is 31.2 Å². The van der Waals surface area contributed by atoms with Crippen molar-refractivity contribution in [3.8, 4) is 5.75 Å². The lowest BCUT2D eigenvalue weighted by Gasteiger charge is -2.00. The molecule has 0 atom stereocenters. The number of aryl methyl sites for hydroxylation is 1. The van der Waals surface area contributed by atoms with Crippen molar-refractivity contribution in [2.75, 3.05) is 0 Å². The zero-order chi connectivity index (χ0) is 14.5. The number of nitro benzene ring substituents is 1. The molecule has 5 nitrogen and oxygen atoms in total. The van der Waals surface area contributed by atoms with Crippen LogP contribution >= 0.6 is 0 Å². The van der Waals surface area contributed by atoms with Crippen LogP contribution in [0.3, 0.4) is 0 Å².